The number of hydrogen-bond donors (Lipinski definition) is 3. The van der Waals surface area contributed by atoms with Gasteiger partial charge in [-0.15, -0.1) is 0 Å². The van der Waals surface area contributed by atoms with Gasteiger partial charge in [0.25, 0.3) is 0 Å². The number of halogens is 2. The van der Waals surface area contributed by atoms with Crippen molar-refractivity contribution in [2.24, 2.45) is 0 Å². The van der Waals surface area contributed by atoms with E-state index in [0.717, 1.165) is 18.5 Å². The van der Waals surface area contributed by atoms with E-state index >= 15 is 8.78 Å². The molecule has 0 bridgehead atoms. The summed E-state index contributed by atoms with van der Waals surface area (Å²) in [6.45, 7) is 4.45. The zero-order valence-electron chi connectivity index (χ0n) is 19.2. The number of amides is 1. The van der Waals surface area contributed by atoms with Gasteiger partial charge in [0.1, 0.15) is 11.6 Å². The summed E-state index contributed by atoms with van der Waals surface area (Å²) in [5.41, 5.74) is 2.21. The monoisotopic (exact) mass is 456 g/mol. The minimum absolute atomic E-state index is 0.0131. The lowest BCUT2D eigenvalue weighted by molar-refractivity contribution is -0.136. The molecule has 7 heteroatoms. The smallest absolute Gasteiger partial charge is 0.305 e. The Hall–Kier alpha value is -3.22. The first kappa shape index (κ1) is 24.4. The van der Waals surface area contributed by atoms with Crippen molar-refractivity contribution >= 4 is 23.6 Å². The van der Waals surface area contributed by atoms with Crippen LogP contribution in [0.15, 0.2) is 29.8 Å². The van der Waals surface area contributed by atoms with Gasteiger partial charge < -0.3 is 15.7 Å². The Balaban J connectivity index is 1.86. The number of carbonyl (C=O) groups is 2. The molecule has 1 amide bonds. The highest BCUT2D eigenvalue weighted by Gasteiger charge is 2.21. The second-order valence-corrected chi connectivity index (χ2v) is 8.60. The van der Waals surface area contributed by atoms with Crippen LogP contribution in [0.3, 0.4) is 0 Å². The second kappa shape index (κ2) is 10.6. The molecule has 1 saturated carbocycles. The van der Waals surface area contributed by atoms with E-state index in [-0.39, 0.29) is 40.8 Å². The first-order valence-electron chi connectivity index (χ1n) is 11.2. The average Bonchev–Trinajstić information content (AvgIpc) is 3.29. The number of carboxylic acid groups (broad SMARTS) is 1. The highest BCUT2D eigenvalue weighted by molar-refractivity contribution is 5.97. The Kier molecular flexibility index (Phi) is 7.84. The molecule has 0 aromatic heterocycles. The zero-order valence-corrected chi connectivity index (χ0v) is 19.2. The number of hydrogen-bond acceptors (Lipinski definition) is 3. The van der Waals surface area contributed by atoms with Crippen LogP contribution in [0, 0.1) is 25.5 Å². The summed E-state index contributed by atoms with van der Waals surface area (Å²) < 4.78 is 30.7. The normalized spacial score (nSPS) is 14.4. The van der Waals surface area contributed by atoms with Gasteiger partial charge in [-0.2, -0.15) is 0 Å². The Bertz CT molecular complexity index is 1040. The van der Waals surface area contributed by atoms with E-state index in [1.54, 1.807) is 12.1 Å². The number of anilines is 1. The van der Waals surface area contributed by atoms with E-state index in [4.69, 9.17) is 5.11 Å². The molecule has 0 saturated heterocycles. The highest BCUT2D eigenvalue weighted by atomic mass is 19.1. The molecule has 5 nitrogen and oxygen atoms in total. The maximum Gasteiger partial charge on any atom is 0.305 e. The Morgan fingerprint density at radius 2 is 1.70 bits per heavy atom. The fourth-order valence-corrected chi connectivity index (χ4v) is 4.20. The van der Waals surface area contributed by atoms with Crippen molar-refractivity contribution in [1.82, 2.24) is 5.32 Å². The van der Waals surface area contributed by atoms with Gasteiger partial charge in [-0.25, -0.2) is 8.78 Å². The largest absolute Gasteiger partial charge is 0.481 e. The quantitative estimate of drug-likeness (QED) is 0.452. The van der Waals surface area contributed by atoms with E-state index < -0.39 is 23.5 Å². The van der Waals surface area contributed by atoms with Crippen LogP contribution < -0.4 is 10.6 Å². The summed E-state index contributed by atoms with van der Waals surface area (Å²) in [4.78, 5) is 22.8. The van der Waals surface area contributed by atoms with Crippen molar-refractivity contribution in [1.29, 1.82) is 0 Å². The molecule has 1 aliphatic carbocycles. The van der Waals surface area contributed by atoms with Crippen molar-refractivity contribution in [3.05, 3.63) is 58.2 Å². The molecule has 3 N–H and O–H groups in total. The SMILES string of the molecule is C/C(=C\c1c(C)c(F)c(-c2ccc(NC3CCCC3)cc2)c(C)c1F)C(=O)NCCC(=O)O. The summed E-state index contributed by atoms with van der Waals surface area (Å²) in [6, 6.07) is 7.82. The third kappa shape index (κ3) is 5.78. The highest BCUT2D eigenvalue weighted by Crippen LogP contribution is 2.35. The standard InChI is InChI=1S/C26H30F2N2O3/c1-15(26(33)29-13-12-22(31)32)14-21-16(2)25(28)23(17(3)24(21)27)18-8-10-20(11-9-18)30-19-6-4-5-7-19/h8-11,14,19,30H,4-7,12-13H2,1-3H3,(H,29,33)(H,31,32)/b15-14+. The van der Waals surface area contributed by atoms with E-state index in [9.17, 15) is 9.59 Å². The Labute approximate surface area is 192 Å². The van der Waals surface area contributed by atoms with Gasteiger partial charge >= 0.3 is 5.97 Å². The van der Waals surface area contributed by atoms with Gasteiger partial charge in [0, 0.05) is 35.0 Å². The van der Waals surface area contributed by atoms with Gasteiger partial charge in [0.15, 0.2) is 0 Å². The van der Waals surface area contributed by atoms with Crippen LogP contribution >= 0.6 is 0 Å². The Morgan fingerprint density at radius 1 is 1.06 bits per heavy atom. The van der Waals surface area contributed by atoms with E-state index in [0.29, 0.717) is 11.6 Å². The molecular formula is C26H30F2N2O3. The molecule has 176 valence electrons. The summed E-state index contributed by atoms with van der Waals surface area (Å²) >= 11 is 0. The van der Waals surface area contributed by atoms with Gasteiger partial charge in [0.05, 0.1) is 6.42 Å². The predicted molar refractivity (Wildman–Crippen MR) is 126 cm³/mol. The number of aliphatic carboxylic acids is 1. The maximum atomic E-state index is 15.4. The lowest BCUT2D eigenvalue weighted by Gasteiger charge is -2.17. The number of benzene rings is 2. The molecule has 0 spiro atoms. The number of nitrogens with one attached hydrogen (secondary N) is 2. The molecular weight excluding hydrogens is 426 g/mol. The van der Waals surface area contributed by atoms with Crippen LogP contribution in [0.1, 0.15) is 55.7 Å². The van der Waals surface area contributed by atoms with Gasteiger partial charge in [-0.1, -0.05) is 25.0 Å². The third-order valence-electron chi connectivity index (χ3n) is 6.14. The van der Waals surface area contributed by atoms with Crippen molar-refractivity contribution in [2.75, 3.05) is 11.9 Å². The van der Waals surface area contributed by atoms with Crippen molar-refractivity contribution in [3.8, 4) is 11.1 Å². The lowest BCUT2D eigenvalue weighted by Crippen LogP contribution is -2.26. The van der Waals surface area contributed by atoms with Crippen molar-refractivity contribution in [2.45, 2.75) is 58.9 Å². The van der Waals surface area contributed by atoms with Gasteiger partial charge in [-0.05, 0) is 68.5 Å². The fraction of sp³-hybridized carbons (Fsp3) is 0.385. The van der Waals surface area contributed by atoms with Crippen LogP contribution in [0.4, 0.5) is 14.5 Å². The molecule has 0 unspecified atom stereocenters. The zero-order chi connectivity index (χ0) is 24.1. The summed E-state index contributed by atoms with van der Waals surface area (Å²) in [6.07, 6.45) is 5.82. The van der Waals surface area contributed by atoms with E-state index in [2.05, 4.69) is 10.6 Å². The molecule has 0 aliphatic heterocycles. The van der Waals surface area contributed by atoms with Crippen LogP contribution in [0.2, 0.25) is 0 Å². The minimum atomic E-state index is -1.03. The molecule has 1 aliphatic rings. The van der Waals surface area contributed by atoms with E-state index in [1.165, 1.54) is 39.7 Å². The number of carbonyl (C=O) groups excluding carboxylic acids is 1. The lowest BCUT2D eigenvalue weighted by atomic mass is 9.92. The van der Waals surface area contributed by atoms with Gasteiger partial charge in [0.2, 0.25) is 5.91 Å². The molecule has 0 radical (unpaired) electrons. The van der Waals surface area contributed by atoms with Gasteiger partial charge in [-0.3, -0.25) is 9.59 Å². The van der Waals surface area contributed by atoms with Crippen LogP contribution in [-0.4, -0.2) is 29.6 Å². The van der Waals surface area contributed by atoms with Crippen molar-refractivity contribution in [3.63, 3.8) is 0 Å². The molecule has 33 heavy (non-hydrogen) atoms. The summed E-state index contributed by atoms with van der Waals surface area (Å²) in [5.74, 6) is -2.68. The Morgan fingerprint density at radius 3 is 2.30 bits per heavy atom. The van der Waals surface area contributed by atoms with Crippen LogP contribution in [-0.2, 0) is 9.59 Å². The molecule has 2 aromatic rings. The number of carboxylic acids is 1. The average molecular weight is 457 g/mol. The fourth-order valence-electron chi connectivity index (χ4n) is 4.20. The molecule has 0 atom stereocenters. The topological polar surface area (TPSA) is 78.4 Å². The van der Waals surface area contributed by atoms with E-state index in [1.807, 2.05) is 12.1 Å². The third-order valence-corrected chi connectivity index (χ3v) is 6.14. The van der Waals surface area contributed by atoms with Crippen LogP contribution in [0.5, 0.6) is 0 Å². The predicted octanol–water partition coefficient (Wildman–Crippen LogP) is 5.60. The minimum Gasteiger partial charge on any atom is -0.481 e. The van der Waals surface area contributed by atoms with Crippen LogP contribution in [0.25, 0.3) is 17.2 Å². The summed E-state index contributed by atoms with van der Waals surface area (Å²) in [5, 5.41) is 14.6. The first-order chi connectivity index (χ1) is 15.7. The molecule has 2 aromatic carbocycles. The van der Waals surface area contributed by atoms with Crippen molar-refractivity contribution < 1.29 is 23.5 Å². The number of rotatable bonds is 8. The molecule has 1 fully saturated rings. The second-order valence-electron chi connectivity index (χ2n) is 8.60. The molecule has 3 rings (SSSR count). The first-order valence-corrected chi connectivity index (χ1v) is 11.2. The molecule has 0 heterocycles. The summed E-state index contributed by atoms with van der Waals surface area (Å²) in [7, 11) is 0. The maximum absolute atomic E-state index is 15.4.